The molecule has 2 heterocycles. The summed E-state index contributed by atoms with van der Waals surface area (Å²) in [6, 6.07) is 12.3. The van der Waals surface area contributed by atoms with Crippen LogP contribution < -0.4 is 4.90 Å². The number of halogens is 3. The van der Waals surface area contributed by atoms with Crippen molar-refractivity contribution in [3.63, 3.8) is 0 Å². The van der Waals surface area contributed by atoms with E-state index < -0.39 is 24.3 Å². The minimum absolute atomic E-state index is 0.0522. The summed E-state index contributed by atoms with van der Waals surface area (Å²) in [6.07, 6.45) is -4.41. The van der Waals surface area contributed by atoms with Crippen molar-refractivity contribution in [3.8, 4) is 0 Å². The average molecular weight is 479 g/mol. The second-order valence-corrected chi connectivity index (χ2v) is 8.24. The van der Waals surface area contributed by atoms with Crippen molar-refractivity contribution >= 4 is 40.4 Å². The molecule has 1 aromatic heterocycles. The second kappa shape index (κ2) is 9.74. The van der Waals surface area contributed by atoms with E-state index in [9.17, 15) is 22.8 Å². The van der Waals surface area contributed by atoms with Crippen LogP contribution in [0.15, 0.2) is 58.2 Å². The molecule has 0 aliphatic carbocycles. The van der Waals surface area contributed by atoms with E-state index in [-0.39, 0.29) is 11.7 Å². The van der Waals surface area contributed by atoms with Gasteiger partial charge >= 0.3 is 12.1 Å². The lowest BCUT2D eigenvalue weighted by Crippen LogP contribution is -2.50. The van der Waals surface area contributed by atoms with Crippen LogP contribution in [0.5, 0.6) is 0 Å². The Labute approximate surface area is 191 Å². The molecule has 174 valence electrons. The number of thioether (sulfide) groups is 1. The predicted molar refractivity (Wildman–Crippen MR) is 116 cm³/mol. The van der Waals surface area contributed by atoms with Crippen LogP contribution in [0.2, 0.25) is 0 Å². The number of aromatic nitrogens is 1. The van der Waals surface area contributed by atoms with E-state index in [1.165, 1.54) is 11.0 Å². The SMILES string of the molecule is O=C(CSc1nc2ccccc2o1)OCC(=O)N1CCN(c2cccc(C(F)(F)F)c2)CC1. The Hall–Kier alpha value is -3.21. The van der Waals surface area contributed by atoms with Crippen molar-refractivity contribution in [2.45, 2.75) is 11.4 Å². The molecule has 11 heteroatoms. The molecule has 1 aliphatic rings. The van der Waals surface area contributed by atoms with Gasteiger partial charge in [0.05, 0.1) is 5.56 Å². The Bertz CT molecular complexity index is 1110. The van der Waals surface area contributed by atoms with Crippen molar-refractivity contribution in [3.05, 3.63) is 54.1 Å². The van der Waals surface area contributed by atoms with Crippen molar-refractivity contribution in [2.24, 2.45) is 0 Å². The first-order valence-electron chi connectivity index (χ1n) is 10.1. The van der Waals surface area contributed by atoms with E-state index in [4.69, 9.17) is 9.15 Å². The maximum absolute atomic E-state index is 12.9. The standard InChI is InChI=1S/C22H20F3N3O4S/c23-22(24,25)15-4-3-5-16(12-15)27-8-10-28(11-9-27)19(29)13-31-20(30)14-33-21-26-17-6-1-2-7-18(17)32-21/h1-7,12H,8-11,13-14H2. The monoisotopic (exact) mass is 479 g/mol. The number of anilines is 1. The zero-order chi connectivity index (χ0) is 23.4. The lowest BCUT2D eigenvalue weighted by atomic mass is 10.1. The Kier molecular flexibility index (Phi) is 6.77. The summed E-state index contributed by atoms with van der Waals surface area (Å²) in [6.45, 7) is 1.02. The van der Waals surface area contributed by atoms with Crippen LogP contribution in [0.3, 0.4) is 0 Å². The first-order valence-corrected chi connectivity index (χ1v) is 11.1. The van der Waals surface area contributed by atoms with Crippen LogP contribution in [-0.2, 0) is 20.5 Å². The molecule has 0 radical (unpaired) electrons. The highest BCUT2D eigenvalue weighted by Crippen LogP contribution is 2.32. The fraction of sp³-hybridized carbons (Fsp3) is 0.318. The molecule has 0 unspecified atom stereocenters. The quantitative estimate of drug-likeness (QED) is 0.393. The number of amides is 1. The molecular formula is C22H20F3N3O4S. The highest BCUT2D eigenvalue weighted by molar-refractivity contribution is 7.99. The lowest BCUT2D eigenvalue weighted by Gasteiger charge is -2.36. The third-order valence-electron chi connectivity index (χ3n) is 5.12. The molecule has 0 N–H and O–H groups in total. The molecule has 1 amide bonds. The van der Waals surface area contributed by atoms with Gasteiger partial charge in [-0.05, 0) is 30.3 Å². The van der Waals surface area contributed by atoms with Crippen LogP contribution >= 0.6 is 11.8 Å². The molecule has 0 atom stereocenters. The number of carbonyl (C=O) groups is 2. The maximum Gasteiger partial charge on any atom is 0.416 e. The van der Waals surface area contributed by atoms with Crippen LogP contribution in [0.4, 0.5) is 18.9 Å². The number of fused-ring (bicyclic) bond motifs is 1. The third-order valence-corrected chi connectivity index (χ3v) is 5.92. The van der Waals surface area contributed by atoms with Crippen LogP contribution in [-0.4, -0.2) is 60.3 Å². The molecule has 1 saturated heterocycles. The number of rotatable bonds is 6. The van der Waals surface area contributed by atoms with Gasteiger partial charge in [0.25, 0.3) is 11.1 Å². The van der Waals surface area contributed by atoms with Gasteiger partial charge in [0, 0.05) is 31.9 Å². The summed E-state index contributed by atoms with van der Waals surface area (Å²) in [5, 5.41) is 0.338. The fourth-order valence-corrected chi connectivity index (χ4v) is 4.04. The van der Waals surface area contributed by atoms with Gasteiger partial charge in [-0.15, -0.1) is 0 Å². The molecule has 0 saturated carbocycles. The molecule has 0 spiro atoms. The summed E-state index contributed by atoms with van der Waals surface area (Å²) in [4.78, 5) is 31.9. The molecule has 33 heavy (non-hydrogen) atoms. The first kappa shape index (κ1) is 23.0. The number of alkyl halides is 3. The number of hydrogen-bond donors (Lipinski definition) is 0. The van der Waals surface area contributed by atoms with E-state index >= 15 is 0 Å². The number of nitrogens with zero attached hydrogens (tertiary/aromatic N) is 3. The van der Waals surface area contributed by atoms with E-state index in [0.29, 0.717) is 48.2 Å². The smallest absolute Gasteiger partial charge is 0.416 e. The highest BCUT2D eigenvalue weighted by atomic mass is 32.2. The second-order valence-electron chi connectivity index (χ2n) is 7.31. The van der Waals surface area contributed by atoms with E-state index in [2.05, 4.69) is 4.98 Å². The molecule has 2 aromatic carbocycles. The van der Waals surface area contributed by atoms with Gasteiger partial charge in [0.15, 0.2) is 12.2 Å². The number of esters is 1. The number of para-hydroxylation sites is 2. The van der Waals surface area contributed by atoms with Crippen LogP contribution in [0, 0.1) is 0 Å². The summed E-state index contributed by atoms with van der Waals surface area (Å²) in [7, 11) is 0. The number of hydrogen-bond acceptors (Lipinski definition) is 7. The number of carbonyl (C=O) groups excluding carboxylic acids is 2. The van der Waals surface area contributed by atoms with Crippen LogP contribution in [0.25, 0.3) is 11.1 Å². The minimum atomic E-state index is -4.41. The Morgan fingerprint density at radius 3 is 2.55 bits per heavy atom. The molecule has 1 fully saturated rings. The maximum atomic E-state index is 12.9. The van der Waals surface area contributed by atoms with E-state index in [1.807, 2.05) is 12.1 Å². The van der Waals surface area contributed by atoms with Gasteiger partial charge in [-0.2, -0.15) is 13.2 Å². The summed E-state index contributed by atoms with van der Waals surface area (Å²) >= 11 is 1.08. The molecule has 4 rings (SSSR count). The minimum Gasteiger partial charge on any atom is -0.455 e. The third kappa shape index (κ3) is 5.78. The largest absolute Gasteiger partial charge is 0.455 e. The topological polar surface area (TPSA) is 75.9 Å². The molecule has 7 nitrogen and oxygen atoms in total. The lowest BCUT2D eigenvalue weighted by molar-refractivity contribution is -0.150. The van der Waals surface area contributed by atoms with E-state index in [1.54, 1.807) is 23.1 Å². The number of piperazine rings is 1. The first-order chi connectivity index (χ1) is 15.8. The Morgan fingerprint density at radius 2 is 1.82 bits per heavy atom. The van der Waals surface area contributed by atoms with E-state index in [0.717, 1.165) is 23.9 Å². The zero-order valence-electron chi connectivity index (χ0n) is 17.4. The van der Waals surface area contributed by atoms with Gasteiger partial charge < -0.3 is 19.0 Å². The van der Waals surface area contributed by atoms with Gasteiger partial charge in [0.1, 0.15) is 11.3 Å². The molecule has 1 aliphatic heterocycles. The molecule has 3 aromatic rings. The van der Waals surface area contributed by atoms with Crippen LogP contribution in [0.1, 0.15) is 5.56 Å². The van der Waals surface area contributed by atoms with Crippen molar-refractivity contribution in [2.75, 3.05) is 43.4 Å². The summed E-state index contributed by atoms with van der Waals surface area (Å²) in [5.41, 5.74) is 1.06. The summed E-state index contributed by atoms with van der Waals surface area (Å²) in [5.74, 6) is -0.971. The normalized spacial score (nSPS) is 14.5. The average Bonchev–Trinajstić information content (AvgIpc) is 3.24. The van der Waals surface area contributed by atoms with Crippen molar-refractivity contribution < 1.29 is 31.9 Å². The zero-order valence-corrected chi connectivity index (χ0v) is 18.2. The highest BCUT2D eigenvalue weighted by Gasteiger charge is 2.31. The van der Waals surface area contributed by atoms with Gasteiger partial charge in [-0.25, -0.2) is 4.98 Å². The Balaban J connectivity index is 1.21. The number of oxazole rings is 1. The van der Waals surface area contributed by atoms with Crippen molar-refractivity contribution in [1.29, 1.82) is 0 Å². The molecule has 0 bridgehead atoms. The Morgan fingerprint density at radius 1 is 1.06 bits per heavy atom. The number of ether oxygens (including phenoxy) is 1. The predicted octanol–water partition coefficient (Wildman–Crippen LogP) is 3.83. The van der Waals surface area contributed by atoms with Crippen molar-refractivity contribution in [1.82, 2.24) is 9.88 Å². The summed E-state index contributed by atoms with van der Waals surface area (Å²) < 4.78 is 49.4. The fourth-order valence-electron chi connectivity index (χ4n) is 3.40. The van der Waals surface area contributed by atoms with Gasteiger partial charge in [0.2, 0.25) is 0 Å². The van der Waals surface area contributed by atoms with Gasteiger partial charge in [-0.1, -0.05) is 30.0 Å². The van der Waals surface area contributed by atoms with Gasteiger partial charge in [-0.3, -0.25) is 9.59 Å². The molecular weight excluding hydrogens is 459 g/mol. The number of benzene rings is 2.